The van der Waals surface area contributed by atoms with Crippen LogP contribution in [0.3, 0.4) is 0 Å². The van der Waals surface area contributed by atoms with E-state index < -0.39 is 0 Å². The monoisotopic (exact) mass is 183 g/mol. The molecule has 0 unspecified atom stereocenters. The molecule has 2 nitrogen and oxygen atoms in total. The third-order valence-electron chi connectivity index (χ3n) is 3.70. The molecule has 0 spiro atoms. The van der Waals surface area contributed by atoms with Crippen molar-refractivity contribution in [1.82, 2.24) is 0 Å². The lowest BCUT2D eigenvalue weighted by molar-refractivity contribution is 0.262. The summed E-state index contributed by atoms with van der Waals surface area (Å²) in [5.74, 6) is 1.07. The molecule has 2 heteroatoms. The van der Waals surface area contributed by atoms with Crippen LogP contribution in [-0.4, -0.2) is 10.9 Å². The Hall–Kier alpha value is -0.530. The van der Waals surface area contributed by atoms with E-state index in [0.717, 1.165) is 5.71 Å². The minimum atomic E-state index is 0.0415. The number of oxime groups is 1. The van der Waals surface area contributed by atoms with Crippen LogP contribution in [0.4, 0.5) is 0 Å². The normalized spacial score (nSPS) is 20.5. The van der Waals surface area contributed by atoms with Crippen molar-refractivity contribution in [2.75, 3.05) is 0 Å². The highest BCUT2D eigenvalue weighted by molar-refractivity contribution is 5.92. The van der Waals surface area contributed by atoms with Crippen LogP contribution in [0.1, 0.15) is 47.0 Å². The molecular weight excluding hydrogens is 162 g/mol. The van der Waals surface area contributed by atoms with Gasteiger partial charge in [0.15, 0.2) is 0 Å². The van der Waals surface area contributed by atoms with Gasteiger partial charge in [0.25, 0.3) is 0 Å². The van der Waals surface area contributed by atoms with Crippen LogP contribution in [-0.2, 0) is 0 Å². The first-order valence-electron chi connectivity index (χ1n) is 5.22. The van der Waals surface area contributed by atoms with Crippen LogP contribution in [0, 0.1) is 17.3 Å². The predicted octanol–water partition coefficient (Wildman–Crippen LogP) is 3.30. The maximum Gasteiger partial charge on any atom is 0.0660 e. The molecule has 0 atom stereocenters. The van der Waals surface area contributed by atoms with Crippen molar-refractivity contribution in [2.24, 2.45) is 22.4 Å². The Morgan fingerprint density at radius 2 is 1.92 bits per heavy atom. The standard InChI is InChI=1S/C11H21NO/c1-8(2)11(3,4)10(12-13)9-6-5-7-9/h8-9,13H,5-7H2,1-4H3/b12-10+. The maximum atomic E-state index is 9.03. The lowest BCUT2D eigenvalue weighted by Gasteiger charge is -2.38. The summed E-state index contributed by atoms with van der Waals surface area (Å²) in [5, 5.41) is 12.6. The average Bonchev–Trinajstić information content (AvgIpc) is 1.95. The molecular formula is C11H21NO. The molecule has 1 N–H and O–H groups in total. The summed E-state index contributed by atoms with van der Waals surface area (Å²) < 4.78 is 0. The maximum absolute atomic E-state index is 9.03. The molecule has 0 aromatic heterocycles. The van der Waals surface area contributed by atoms with Crippen molar-refractivity contribution in [3.63, 3.8) is 0 Å². The van der Waals surface area contributed by atoms with Crippen molar-refractivity contribution >= 4 is 5.71 Å². The van der Waals surface area contributed by atoms with Gasteiger partial charge in [-0.1, -0.05) is 39.3 Å². The van der Waals surface area contributed by atoms with Gasteiger partial charge in [-0.25, -0.2) is 0 Å². The Morgan fingerprint density at radius 3 is 2.15 bits per heavy atom. The highest BCUT2D eigenvalue weighted by atomic mass is 16.4. The van der Waals surface area contributed by atoms with E-state index in [0.29, 0.717) is 11.8 Å². The van der Waals surface area contributed by atoms with Crippen molar-refractivity contribution in [1.29, 1.82) is 0 Å². The molecule has 0 aromatic carbocycles. The molecule has 0 aromatic rings. The summed E-state index contributed by atoms with van der Waals surface area (Å²) in [6, 6.07) is 0. The van der Waals surface area contributed by atoms with Gasteiger partial charge in [-0.05, 0) is 18.8 Å². The SMILES string of the molecule is CC(C)C(C)(C)/C(=N/O)C1CCC1. The number of rotatable bonds is 3. The number of nitrogens with zero attached hydrogens (tertiary/aromatic N) is 1. The summed E-state index contributed by atoms with van der Waals surface area (Å²) in [6.07, 6.45) is 3.70. The summed E-state index contributed by atoms with van der Waals surface area (Å²) in [7, 11) is 0. The van der Waals surface area contributed by atoms with Gasteiger partial charge in [0.05, 0.1) is 5.71 Å². The van der Waals surface area contributed by atoms with E-state index in [-0.39, 0.29) is 5.41 Å². The van der Waals surface area contributed by atoms with E-state index in [2.05, 4.69) is 32.9 Å². The Labute approximate surface area is 81.0 Å². The average molecular weight is 183 g/mol. The highest BCUT2D eigenvalue weighted by Gasteiger charge is 2.37. The van der Waals surface area contributed by atoms with Crippen LogP contribution in [0.5, 0.6) is 0 Å². The Balaban J connectivity index is 2.76. The summed E-state index contributed by atoms with van der Waals surface area (Å²) in [5.41, 5.74) is 1.05. The van der Waals surface area contributed by atoms with Gasteiger partial charge in [0.2, 0.25) is 0 Å². The van der Waals surface area contributed by atoms with Gasteiger partial charge in [0, 0.05) is 11.3 Å². The van der Waals surface area contributed by atoms with E-state index in [1.807, 2.05) is 0 Å². The zero-order valence-corrected chi connectivity index (χ0v) is 9.17. The fraction of sp³-hybridized carbons (Fsp3) is 0.909. The summed E-state index contributed by atoms with van der Waals surface area (Å²) in [6.45, 7) is 8.71. The van der Waals surface area contributed by atoms with Crippen LogP contribution in [0.15, 0.2) is 5.16 Å². The molecule has 0 aliphatic heterocycles. The van der Waals surface area contributed by atoms with Gasteiger partial charge < -0.3 is 5.21 Å². The minimum Gasteiger partial charge on any atom is -0.411 e. The third-order valence-corrected chi connectivity index (χ3v) is 3.70. The van der Waals surface area contributed by atoms with E-state index in [9.17, 15) is 0 Å². The molecule has 0 bridgehead atoms. The first-order chi connectivity index (χ1) is 6.00. The second kappa shape index (κ2) is 3.69. The van der Waals surface area contributed by atoms with Gasteiger partial charge in [-0.2, -0.15) is 0 Å². The molecule has 1 aliphatic carbocycles. The summed E-state index contributed by atoms with van der Waals surface area (Å²) in [4.78, 5) is 0. The predicted molar refractivity (Wildman–Crippen MR) is 55.2 cm³/mol. The summed E-state index contributed by atoms with van der Waals surface area (Å²) >= 11 is 0. The molecule has 1 saturated carbocycles. The number of hydrogen-bond donors (Lipinski definition) is 1. The molecule has 1 fully saturated rings. The van der Waals surface area contributed by atoms with E-state index in [1.54, 1.807) is 0 Å². The van der Waals surface area contributed by atoms with Crippen molar-refractivity contribution < 1.29 is 5.21 Å². The fourth-order valence-corrected chi connectivity index (χ4v) is 1.71. The molecule has 1 rings (SSSR count). The first-order valence-corrected chi connectivity index (χ1v) is 5.22. The van der Waals surface area contributed by atoms with E-state index in [4.69, 9.17) is 5.21 Å². The van der Waals surface area contributed by atoms with Crippen LogP contribution < -0.4 is 0 Å². The van der Waals surface area contributed by atoms with Crippen LogP contribution in [0.25, 0.3) is 0 Å². The molecule has 0 amide bonds. The van der Waals surface area contributed by atoms with Crippen LogP contribution in [0.2, 0.25) is 0 Å². The van der Waals surface area contributed by atoms with Crippen molar-refractivity contribution in [3.05, 3.63) is 0 Å². The quantitative estimate of drug-likeness (QED) is 0.406. The van der Waals surface area contributed by atoms with Gasteiger partial charge in [-0.3, -0.25) is 0 Å². The highest BCUT2D eigenvalue weighted by Crippen LogP contribution is 2.38. The molecule has 1 aliphatic rings. The Kier molecular flexibility index (Phi) is 2.99. The van der Waals surface area contributed by atoms with E-state index >= 15 is 0 Å². The van der Waals surface area contributed by atoms with Gasteiger partial charge >= 0.3 is 0 Å². The van der Waals surface area contributed by atoms with Crippen LogP contribution >= 0.6 is 0 Å². The zero-order chi connectivity index (χ0) is 10.1. The third kappa shape index (κ3) is 1.87. The topological polar surface area (TPSA) is 32.6 Å². The minimum absolute atomic E-state index is 0.0415. The Bertz CT molecular complexity index is 202. The molecule has 0 heterocycles. The second-order valence-corrected chi connectivity index (χ2v) is 4.99. The van der Waals surface area contributed by atoms with Gasteiger partial charge in [-0.15, -0.1) is 0 Å². The molecule has 13 heavy (non-hydrogen) atoms. The molecule has 0 saturated heterocycles. The smallest absolute Gasteiger partial charge is 0.0660 e. The van der Waals surface area contributed by atoms with Gasteiger partial charge in [0.1, 0.15) is 0 Å². The fourth-order valence-electron chi connectivity index (χ4n) is 1.71. The van der Waals surface area contributed by atoms with Crippen molar-refractivity contribution in [3.8, 4) is 0 Å². The second-order valence-electron chi connectivity index (χ2n) is 4.99. The van der Waals surface area contributed by atoms with Crippen molar-refractivity contribution in [2.45, 2.75) is 47.0 Å². The lowest BCUT2D eigenvalue weighted by Crippen LogP contribution is -2.38. The zero-order valence-electron chi connectivity index (χ0n) is 9.17. The lowest BCUT2D eigenvalue weighted by atomic mass is 9.67. The number of hydrogen-bond acceptors (Lipinski definition) is 2. The molecule has 76 valence electrons. The first kappa shape index (κ1) is 10.6. The molecule has 0 radical (unpaired) electrons. The van der Waals surface area contributed by atoms with E-state index in [1.165, 1.54) is 19.3 Å². The Morgan fingerprint density at radius 1 is 1.38 bits per heavy atom. The largest absolute Gasteiger partial charge is 0.411 e.